The van der Waals surface area contributed by atoms with E-state index < -0.39 is 29.9 Å². The third kappa shape index (κ3) is 4.67. The number of carbonyl (C=O) groups is 1. The molecule has 1 aromatic heterocycles. The lowest BCUT2D eigenvalue weighted by Crippen LogP contribution is -2.37. The first-order chi connectivity index (χ1) is 14.7. The Hall–Kier alpha value is -2.66. The number of amides is 1. The molecule has 1 aromatic carbocycles. The average Bonchev–Trinajstić information content (AvgIpc) is 3.38. The highest BCUT2D eigenvalue weighted by Gasteiger charge is 2.35. The Morgan fingerprint density at radius 1 is 1.19 bits per heavy atom. The first-order valence-electron chi connectivity index (χ1n) is 9.87. The maximum atomic E-state index is 13.7. The van der Waals surface area contributed by atoms with Crippen LogP contribution in [0.4, 0.5) is 22.4 Å². The number of carboxylic acid groups (broad SMARTS) is 1. The first-order valence-corrected chi connectivity index (χ1v) is 9.87. The summed E-state index contributed by atoms with van der Waals surface area (Å²) in [6.45, 7) is 1.88. The van der Waals surface area contributed by atoms with Crippen molar-refractivity contribution in [3.8, 4) is 11.3 Å². The van der Waals surface area contributed by atoms with Crippen molar-refractivity contribution < 1.29 is 36.9 Å². The molecular weight excluding hydrogens is 422 g/mol. The van der Waals surface area contributed by atoms with Crippen molar-refractivity contribution in [2.24, 2.45) is 0 Å². The number of benzene rings is 1. The van der Waals surface area contributed by atoms with E-state index in [1.807, 2.05) is 0 Å². The van der Waals surface area contributed by atoms with E-state index >= 15 is 0 Å². The van der Waals surface area contributed by atoms with Crippen molar-refractivity contribution in [3.05, 3.63) is 41.6 Å². The van der Waals surface area contributed by atoms with Gasteiger partial charge in [-0.1, -0.05) is 0 Å². The van der Waals surface area contributed by atoms with Crippen LogP contribution in [-0.4, -0.2) is 58.2 Å². The van der Waals surface area contributed by atoms with Crippen LogP contribution in [0.3, 0.4) is 0 Å². The maximum Gasteiger partial charge on any atom is 0.419 e. The minimum Gasteiger partial charge on any atom is -0.465 e. The van der Waals surface area contributed by atoms with Gasteiger partial charge >= 0.3 is 12.3 Å². The highest BCUT2D eigenvalue weighted by molar-refractivity contribution is 5.65. The normalized spacial score (nSPS) is 18.6. The van der Waals surface area contributed by atoms with E-state index in [2.05, 4.69) is 4.98 Å². The van der Waals surface area contributed by atoms with Gasteiger partial charge in [-0.05, 0) is 31.0 Å². The Bertz CT molecular complexity index is 948. The van der Waals surface area contributed by atoms with Crippen molar-refractivity contribution in [2.45, 2.75) is 37.8 Å². The zero-order chi connectivity index (χ0) is 22.2. The summed E-state index contributed by atoms with van der Waals surface area (Å²) in [5, 5.41) is 9.16. The molecule has 31 heavy (non-hydrogen) atoms. The van der Waals surface area contributed by atoms with Crippen LogP contribution in [-0.2, 0) is 22.2 Å². The summed E-state index contributed by atoms with van der Waals surface area (Å²) in [4.78, 5) is 17.1. The third-order valence-corrected chi connectivity index (χ3v) is 5.54. The standard InChI is InChI=1S/C20H21F4N3O4/c21-15-2-1-13(9-14(15)20(22,23)24)16-10-27(11-17-30-7-8-31-17)18(25-16)12-3-5-26(6-4-12)19(28)29/h1-2,9-10,12,17H,3-8,11H2,(H,28,29). The molecule has 0 saturated carbocycles. The molecule has 2 aliphatic heterocycles. The van der Waals surface area contributed by atoms with Gasteiger partial charge in [-0.25, -0.2) is 14.2 Å². The Labute approximate surface area is 175 Å². The maximum absolute atomic E-state index is 13.7. The molecule has 3 heterocycles. The van der Waals surface area contributed by atoms with Crippen molar-refractivity contribution in [1.82, 2.24) is 14.5 Å². The van der Waals surface area contributed by atoms with Crippen molar-refractivity contribution in [2.75, 3.05) is 26.3 Å². The molecule has 0 bridgehead atoms. The molecule has 2 aliphatic rings. The van der Waals surface area contributed by atoms with Crippen LogP contribution in [0.15, 0.2) is 24.4 Å². The quantitative estimate of drug-likeness (QED) is 0.725. The number of halogens is 4. The molecule has 2 saturated heterocycles. The number of nitrogens with zero attached hydrogens (tertiary/aromatic N) is 3. The van der Waals surface area contributed by atoms with Gasteiger partial charge in [0.15, 0.2) is 6.29 Å². The van der Waals surface area contributed by atoms with Crippen LogP contribution in [0.2, 0.25) is 0 Å². The van der Waals surface area contributed by atoms with Crippen LogP contribution < -0.4 is 0 Å². The molecule has 168 valence electrons. The number of hydrogen-bond donors (Lipinski definition) is 1. The van der Waals surface area contributed by atoms with Crippen LogP contribution >= 0.6 is 0 Å². The first kappa shape index (κ1) is 21.6. The molecule has 4 rings (SSSR count). The molecule has 1 N–H and O–H groups in total. The van der Waals surface area contributed by atoms with Crippen molar-refractivity contribution in [3.63, 3.8) is 0 Å². The third-order valence-electron chi connectivity index (χ3n) is 5.54. The van der Waals surface area contributed by atoms with E-state index in [1.165, 1.54) is 11.0 Å². The molecule has 0 atom stereocenters. The number of hydrogen-bond acceptors (Lipinski definition) is 4. The number of imidazole rings is 1. The van der Waals surface area contributed by atoms with Gasteiger partial charge in [-0.3, -0.25) is 0 Å². The minimum absolute atomic E-state index is 0.0757. The molecule has 1 amide bonds. The topological polar surface area (TPSA) is 76.8 Å². The second-order valence-corrected chi connectivity index (χ2v) is 7.54. The number of aromatic nitrogens is 2. The fraction of sp³-hybridized carbons (Fsp3) is 0.500. The van der Waals surface area contributed by atoms with E-state index in [-0.39, 0.29) is 17.2 Å². The van der Waals surface area contributed by atoms with E-state index in [4.69, 9.17) is 14.6 Å². The zero-order valence-corrected chi connectivity index (χ0v) is 16.4. The molecule has 0 aliphatic carbocycles. The van der Waals surface area contributed by atoms with Crippen LogP contribution in [0, 0.1) is 5.82 Å². The number of piperidine rings is 1. The predicted molar refractivity (Wildman–Crippen MR) is 99.9 cm³/mol. The molecule has 0 spiro atoms. The Balaban J connectivity index is 1.66. The van der Waals surface area contributed by atoms with Gasteiger partial charge in [0, 0.05) is 30.8 Å². The van der Waals surface area contributed by atoms with Gasteiger partial charge in [0.1, 0.15) is 11.6 Å². The molecule has 2 aromatic rings. The van der Waals surface area contributed by atoms with E-state index in [0.717, 1.165) is 12.1 Å². The summed E-state index contributed by atoms with van der Waals surface area (Å²) in [5.41, 5.74) is -0.928. The summed E-state index contributed by atoms with van der Waals surface area (Å²) in [6.07, 6.45) is -3.63. The fourth-order valence-electron chi connectivity index (χ4n) is 3.95. The summed E-state index contributed by atoms with van der Waals surface area (Å²) in [5.74, 6) is -0.796. The Kier molecular flexibility index (Phi) is 5.89. The highest BCUT2D eigenvalue weighted by Crippen LogP contribution is 2.35. The summed E-state index contributed by atoms with van der Waals surface area (Å²) in [6, 6.07) is 2.80. The van der Waals surface area contributed by atoms with E-state index in [1.54, 1.807) is 10.8 Å². The molecule has 0 unspecified atom stereocenters. The average molecular weight is 443 g/mol. The van der Waals surface area contributed by atoms with Crippen molar-refractivity contribution in [1.29, 1.82) is 0 Å². The van der Waals surface area contributed by atoms with Crippen LogP contribution in [0.1, 0.15) is 30.1 Å². The van der Waals surface area contributed by atoms with E-state index in [0.29, 0.717) is 51.5 Å². The smallest absolute Gasteiger partial charge is 0.419 e. The van der Waals surface area contributed by atoms with Gasteiger partial charge in [0.2, 0.25) is 0 Å². The zero-order valence-electron chi connectivity index (χ0n) is 16.4. The van der Waals surface area contributed by atoms with Gasteiger partial charge < -0.3 is 24.0 Å². The molecular formula is C20H21F4N3O4. The molecule has 7 nitrogen and oxygen atoms in total. The number of rotatable bonds is 4. The van der Waals surface area contributed by atoms with Gasteiger partial charge in [-0.15, -0.1) is 0 Å². The summed E-state index contributed by atoms with van der Waals surface area (Å²) < 4.78 is 65.9. The van der Waals surface area contributed by atoms with Gasteiger partial charge in [-0.2, -0.15) is 13.2 Å². The number of ether oxygens (including phenoxy) is 2. The second kappa shape index (κ2) is 8.46. The van der Waals surface area contributed by atoms with E-state index in [9.17, 15) is 22.4 Å². The van der Waals surface area contributed by atoms with Crippen LogP contribution in [0.25, 0.3) is 11.3 Å². The number of alkyl halides is 3. The Morgan fingerprint density at radius 2 is 1.87 bits per heavy atom. The lowest BCUT2D eigenvalue weighted by molar-refractivity contribution is -0.139. The number of likely N-dealkylation sites (tertiary alicyclic amines) is 1. The fourth-order valence-corrected chi connectivity index (χ4v) is 3.95. The van der Waals surface area contributed by atoms with Gasteiger partial charge in [0.25, 0.3) is 0 Å². The van der Waals surface area contributed by atoms with Crippen molar-refractivity contribution >= 4 is 6.09 Å². The molecule has 11 heteroatoms. The SMILES string of the molecule is O=C(O)N1CCC(c2nc(-c3ccc(F)c(C(F)(F)F)c3)cn2CC2OCCO2)CC1. The largest absolute Gasteiger partial charge is 0.465 e. The Morgan fingerprint density at radius 3 is 2.48 bits per heavy atom. The minimum atomic E-state index is -4.82. The second-order valence-electron chi connectivity index (χ2n) is 7.54. The lowest BCUT2D eigenvalue weighted by Gasteiger charge is -2.30. The molecule has 2 fully saturated rings. The summed E-state index contributed by atoms with van der Waals surface area (Å²) in [7, 11) is 0. The van der Waals surface area contributed by atoms with Gasteiger partial charge in [0.05, 0.1) is 31.0 Å². The molecule has 0 radical (unpaired) electrons. The monoisotopic (exact) mass is 443 g/mol. The summed E-state index contributed by atoms with van der Waals surface area (Å²) >= 11 is 0. The van der Waals surface area contributed by atoms with Crippen LogP contribution in [0.5, 0.6) is 0 Å². The lowest BCUT2D eigenvalue weighted by atomic mass is 9.96. The predicted octanol–water partition coefficient (Wildman–Crippen LogP) is 3.94. The highest BCUT2D eigenvalue weighted by atomic mass is 19.4.